The molecule has 1 atom stereocenters. The highest BCUT2D eigenvalue weighted by molar-refractivity contribution is 5.98. The molecule has 19 heavy (non-hydrogen) atoms. The third kappa shape index (κ3) is 4.99. The summed E-state index contributed by atoms with van der Waals surface area (Å²) >= 11 is 0. The van der Waals surface area contributed by atoms with Gasteiger partial charge in [0.2, 0.25) is 0 Å². The quantitative estimate of drug-likeness (QED) is 0.470. The Kier molecular flexibility index (Phi) is 5.85. The van der Waals surface area contributed by atoms with Gasteiger partial charge in [-0.3, -0.25) is 4.79 Å². The lowest BCUT2D eigenvalue weighted by molar-refractivity contribution is -0.123. The summed E-state index contributed by atoms with van der Waals surface area (Å²) in [4.78, 5) is 11.5. The largest absolute Gasteiger partial charge is 0.484 e. The second-order valence-electron chi connectivity index (χ2n) is 4.38. The molecule has 0 spiro atoms. The molecule has 1 unspecified atom stereocenters. The van der Waals surface area contributed by atoms with Crippen molar-refractivity contribution < 1.29 is 14.7 Å². The molecule has 1 aromatic rings. The van der Waals surface area contributed by atoms with Crippen molar-refractivity contribution in [2.75, 3.05) is 6.61 Å². The number of nitrogens with zero attached hydrogens (tertiary/aromatic N) is 1. The first-order valence-corrected chi connectivity index (χ1v) is 6.28. The molecule has 1 amide bonds. The zero-order chi connectivity index (χ0) is 14.3. The second-order valence-corrected chi connectivity index (χ2v) is 4.38. The van der Waals surface area contributed by atoms with E-state index in [9.17, 15) is 4.79 Å². The summed E-state index contributed by atoms with van der Waals surface area (Å²) in [5.41, 5.74) is 1.33. The Morgan fingerprint density at radius 1 is 1.42 bits per heavy atom. The molecule has 1 aromatic carbocycles. The number of carbonyl (C=O) groups is 1. The first kappa shape index (κ1) is 15.0. The number of hydrogen-bond acceptors (Lipinski definition) is 4. The van der Waals surface area contributed by atoms with E-state index in [1.54, 1.807) is 31.2 Å². The summed E-state index contributed by atoms with van der Waals surface area (Å²) in [5.74, 6) is 0.473. The first-order valence-electron chi connectivity index (χ1n) is 6.28. The molecule has 0 aliphatic heterocycles. The standard InChI is InChI=1S/C14H20N2O3/c1-4-10(2)15-14(17)9-19-13-7-5-12(6-8-13)11(3)16-18/h5-8,10,18H,4,9H2,1-3H3,(H,15,17)/b16-11+. The summed E-state index contributed by atoms with van der Waals surface area (Å²) in [7, 11) is 0. The van der Waals surface area contributed by atoms with Crippen molar-refractivity contribution in [3.05, 3.63) is 29.8 Å². The minimum atomic E-state index is -0.133. The summed E-state index contributed by atoms with van der Waals surface area (Å²) in [5, 5.41) is 14.6. The maximum absolute atomic E-state index is 11.5. The maximum atomic E-state index is 11.5. The molecule has 0 bridgehead atoms. The molecule has 0 aromatic heterocycles. The van der Waals surface area contributed by atoms with Gasteiger partial charge in [-0.25, -0.2) is 0 Å². The van der Waals surface area contributed by atoms with Gasteiger partial charge in [0, 0.05) is 6.04 Å². The number of benzene rings is 1. The normalized spacial score (nSPS) is 12.9. The Balaban J connectivity index is 2.48. The average molecular weight is 264 g/mol. The SMILES string of the molecule is CCC(C)NC(=O)COc1ccc(/C(C)=N/O)cc1. The summed E-state index contributed by atoms with van der Waals surface area (Å²) in [6.45, 7) is 5.66. The monoisotopic (exact) mass is 264 g/mol. The van der Waals surface area contributed by atoms with Crippen LogP contribution in [0.1, 0.15) is 32.8 Å². The zero-order valence-electron chi connectivity index (χ0n) is 11.5. The molecular formula is C14H20N2O3. The molecule has 0 fully saturated rings. The smallest absolute Gasteiger partial charge is 0.258 e. The van der Waals surface area contributed by atoms with Crippen molar-refractivity contribution in [3.63, 3.8) is 0 Å². The number of rotatable bonds is 6. The fraction of sp³-hybridized carbons (Fsp3) is 0.429. The van der Waals surface area contributed by atoms with Crippen molar-refractivity contribution in [1.82, 2.24) is 5.32 Å². The number of amides is 1. The van der Waals surface area contributed by atoms with Crippen LogP contribution < -0.4 is 10.1 Å². The van der Waals surface area contributed by atoms with E-state index in [1.807, 2.05) is 13.8 Å². The number of nitrogens with one attached hydrogen (secondary N) is 1. The Bertz CT molecular complexity index is 441. The molecular weight excluding hydrogens is 244 g/mol. The van der Waals surface area contributed by atoms with Crippen LogP contribution in [0.15, 0.2) is 29.4 Å². The molecule has 104 valence electrons. The highest BCUT2D eigenvalue weighted by Crippen LogP contribution is 2.12. The predicted molar refractivity (Wildman–Crippen MR) is 73.8 cm³/mol. The lowest BCUT2D eigenvalue weighted by atomic mass is 10.1. The van der Waals surface area contributed by atoms with Crippen molar-refractivity contribution in [2.45, 2.75) is 33.2 Å². The van der Waals surface area contributed by atoms with Gasteiger partial charge >= 0.3 is 0 Å². The number of hydrogen-bond donors (Lipinski definition) is 2. The van der Waals surface area contributed by atoms with Gasteiger partial charge in [0.15, 0.2) is 6.61 Å². The van der Waals surface area contributed by atoms with E-state index < -0.39 is 0 Å². The number of ether oxygens (including phenoxy) is 1. The molecule has 5 heteroatoms. The lowest BCUT2D eigenvalue weighted by Gasteiger charge is -2.12. The van der Waals surface area contributed by atoms with Crippen LogP contribution in [0.2, 0.25) is 0 Å². The number of carbonyl (C=O) groups excluding carboxylic acids is 1. The van der Waals surface area contributed by atoms with Crippen LogP contribution in [0.3, 0.4) is 0 Å². The van der Waals surface area contributed by atoms with E-state index in [0.717, 1.165) is 12.0 Å². The fourth-order valence-electron chi connectivity index (χ4n) is 1.42. The summed E-state index contributed by atoms with van der Waals surface area (Å²) in [6, 6.07) is 7.18. The highest BCUT2D eigenvalue weighted by Gasteiger charge is 2.06. The minimum Gasteiger partial charge on any atom is -0.484 e. The van der Waals surface area contributed by atoms with Gasteiger partial charge in [-0.05, 0) is 50.1 Å². The topological polar surface area (TPSA) is 70.9 Å². The summed E-state index contributed by atoms with van der Waals surface area (Å²) in [6.07, 6.45) is 0.889. The van der Waals surface area contributed by atoms with E-state index in [0.29, 0.717) is 11.5 Å². The van der Waals surface area contributed by atoms with Crippen molar-refractivity contribution in [2.24, 2.45) is 5.16 Å². The van der Waals surface area contributed by atoms with Gasteiger partial charge in [0.05, 0.1) is 5.71 Å². The van der Waals surface area contributed by atoms with Crippen LogP contribution in [0.4, 0.5) is 0 Å². The van der Waals surface area contributed by atoms with Crippen molar-refractivity contribution in [1.29, 1.82) is 0 Å². The molecule has 0 aliphatic carbocycles. The maximum Gasteiger partial charge on any atom is 0.258 e. The third-order valence-corrected chi connectivity index (χ3v) is 2.81. The Morgan fingerprint density at radius 3 is 2.58 bits per heavy atom. The lowest BCUT2D eigenvalue weighted by Crippen LogP contribution is -2.35. The fourth-order valence-corrected chi connectivity index (χ4v) is 1.42. The van der Waals surface area contributed by atoms with Crippen LogP contribution >= 0.6 is 0 Å². The van der Waals surface area contributed by atoms with Crippen LogP contribution in [-0.4, -0.2) is 29.5 Å². The van der Waals surface area contributed by atoms with Gasteiger partial charge in [0.1, 0.15) is 5.75 Å². The van der Waals surface area contributed by atoms with E-state index in [1.165, 1.54) is 0 Å². The molecule has 5 nitrogen and oxygen atoms in total. The van der Waals surface area contributed by atoms with Crippen molar-refractivity contribution >= 4 is 11.6 Å². The zero-order valence-corrected chi connectivity index (χ0v) is 11.5. The minimum absolute atomic E-state index is 0.00322. The molecule has 0 heterocycles. The van der Waals surface area contributed by atoms with E-state index >= 15 is 0 Å². The van der Waals surface area contributed by atoms with Gasteiger partial charge < -0.3 is 15.3 Å². The highest BCUT2D eigenvalue weighted by atomic mass is 16.5. The average Bonchev–Trinajstić information content (AvgIpc) is 2.44. The Labute approximate surface area is 113 Å². The Morgan fingerprint density at radius 2 is 2.05 bits per heavy atom. The van der Waals surface area contributed by atoms with E-state index in [2.05, 4.69) is 10.5 Å². The second kappa shape index (κ2) is 7.41. The summed E-state index contributed by atoms with van der Waals surface area (Å²) < 4.78 is 5.37. The van der Waals surface area contributed by atoms with E-state index in [4.69, 9.17) is 9.94 Å². The van der Waals surface area contributed by atoms with Gasteiger partial charge in [-0.15, -0.1) is 0 Å². The van der Waals surface area contributed by atoms with Crippen molar-refractivity contribution in [3.8, 4) is 5.75 Å². The third-order valence-electron chi connectivity index (χ3n) is 2.81. The van der Waals surface area contributed by atoms with Gasteiger partial charge in [0.25, 0.3) is 5.91 Å². The Hall–Kier alpha value is -2.04. The van der Waals surface area contributed by atoms with E-state index in [-0.39, 0.29) is 18.6 Å². The molecule has 0 saturated carbocycles. The first-order chi connectivity index (χ1) is 9.06. The predicted octanol–water partition coefficient (Wildman–Crippen LogP) is 2.18. The van der Waals surface area contributed by atoms with Crippen LogP contribution in [-0.2, 0) is 4.79 Å². The van der Waals surface area contributed by atoms with Gasteiger partial charge in [-0.2, -0.15) is 0 Å². The van der Waals surface area contributed by atoms with Crippen LogP contribution in [0.25, 0.3) is 0 Å². The molecule has 0 saturated heterocycles. The van der Waals surface area contributed by atoms with Crippen LogP contribution in [0.5, 0.6) is 5.75 Å². The van der Waals surface area contributed by atoms with Gasteiger partial charge in [-0.1, -0.05) is 12.1 Å². The van der Waals surface area contributed by atoms with Crippen LogP contribution in [0, 0.1) is 0 Å². The molecule has 1 rings (SSSR count). The molecule has 0 radical (unpaired) electrons. The molecule has 2 N–H and O–H groups in total. The number of oxime groups is 1. The molecule has 0 aliphatic rings.